The molecule has 0 radical (unpaired) electrons. The summed E-state index contributed by atoms with van der Waals surface area (Å²) >= 11 is 0. The van der Waals surface area contributed by atoms with E-state index in [1.807, 2.05) is 17.9 Å². The van der Waals surface area contributed by atoms with Gasteiger partial charge in [0.25, 0.3) is 5.91 Å². The van der Waals surface area contributed by atoms with Gasteiger partial charge in [-0.05, 0) is 31.4 Å². The van der Waals surface area contributed by atoms with Crippen LogP contribution in [0.4, 0.5) is 11.8 Å². The Bertz CT molecular complexity index is 722. The number of carbonyl (C=O) groups excluding carboxylic acids is 1. The first kappa shape index (κ1) is 18.2. The van der Waals surface area contributed by atoms with E-state index in [9.17, 15) is 4.79 Å². The van der Waals surface area contributed by atoms with E-state index in [1.54, 1.807) is 12.1 Å². The highest BCUT2D eigenvalue weighted by molar-refractivity contribution is 5.91. The highest BCUT2D eigenvalue weighted by Crippen LogP contribution is 2.18. The molecule has 0 aromatic carbocycles. The molecule has 140 valence electrons. The van der Waals surface area contributed by atoms with Crippen LogP contribution in [-0.2, 0) is 0 Å². The third kappa shape index (κ3) is 4.53. The first-order chi connectivity index (χ1) is 12.5. The van der Waals surface area contributed by atoms with Crippen molar-refractivity contribution < 1.29 is 9.21 Å². The van der Waals surface area contributed by atoms with Crippen molar-refractivity contribution in [2.75, 3.05) is 42.9 Å². The minimum Gasteiger partial charge on any atom is -0.459 e. The van der Waals surface area contributed by atoms with Crippen molar-refractivity contribution in [3.63, 3.8) is 0 Å². The molecule has 3 heterocycles. The molecule has 0 aliphatic carbocycles. The van der Waals surface area contributed by atoms with E-state index >= 15 is 0 Å². The Labute approximate surface area is 154 Å². The predicted octanol–water partition coefficient (Wildman–Crippen LogP) is 2.80. The number of hydrogen-bond donors (Lipinski definition) is 1. The third-order valence-corrected chi connectivity index (χ3v) is 4.47. The molecular weight excluding hydrogens is 330 g/mol. The number of nitrogens with zero attached hydrogens (tertiary/aromatic N) is 4. The summed E-state index contributed by atoms with van der Waals surface area (Å²) in [7, 11) is 0. The Morgan fingerprint density at radius 1 is 1.27 bits per heavy atom. The lowest BCUT2D eigenvalue weighted by Crippen LogP contribution is -2.49. The summed E-state index contributed by atoms with van der Waals surface area (Å²) in [5, 5.41) is 3.32. The number of furan rings is 1. The molecule has 7 heteroatoms. The van der Waals surface area contributed by atoms with Gasteiger partial charge in [-0.1, -0.05) is 13.8 Å². The fourth-order valence-corrected chi connectivity index (χ4v) is 2.96. The third-order valence-electron chi connectivity index (χ3n) is 4.47. The van der Waals surface area contributed by atoms with E-state index in [-0.39, 0.29) is 5.91 Å². The van der Waals surface area contributed by atoms with Crippen molar-refractivity contribution in [1.29, 1.82) is 0 Å². The Kier molecular flexibility index (Phi) is 5.75. The molecule has 0 spiro atoms. The second kappa shape index (κ2) is 8.21. The average Bonchev–Trinajstić information content (AvgIpc) is 3.15. The SMILES string of the molecule is Cc1cc(N2CCN(C(=O)c3ccco3)CC2)nc(NCCC(C)C)n1. The number of piperazine rings is 1. The molecule has 1 saturated heterocycles. The number of aromatic nitrogens is 2. The molecule has 2 aromatic rings. The van der Waals surface area contributed by atoms with Crippen LogP contribution in [0.15, 0.2) is 28.9 Å². The molecule has 1 aliphatic rings. The van der Waals surface area contributed by atoms with Gasteiger partial charge in [0.2, 0.25) is 5.95 Å². The number of rotatable bonds is 6. The highest BCUT2D eigenvalue weighted by atomic mass is 16.3. The fourth-order valence-electron chi connectivity index (χ4n) is 2.96. The van der Waals surface area contributed by atoms with E-state index in [2.05, 4.69) is 34.0 Å². The van der Waals surface area contributed by atoms with E-state index in [0.717, 1.165) is 37.6 Å². The summed E-state index contributed by atoms with van der Waals surface area (Å²) in [5.74, 6) is 2.58. The lowest BCUT2D eigenvalue weighted by atomic mass is 10.1. The van der Waals surface area contributed by atoms with Gasteiger partial charge >= 0.3 is 0 Å². The standard InChI is InChI=1S/C19H27N5O2/c1-14(2)6-7-20-19-21-15(3)13-17(22-19)23-8-10-24(11-9-23)18(25)16-5-4-12-26-16/h4-5,12-14H,6-11H2,1-3H3,(H,20,21,22). The predicted molar refractivity (Wildman–Crippen MR) is 102 cm³/mol. The van der Waals surface area contributed by atoms with Gasteiger partial charge in [-0.3, -0.25) is 4.79 Å². The van der Waals surface area contributed by atoms with Crippen LogP contribution in [0, 0.1) is 12.8 Å². The molecule has 3 rings (SSSR count). The second-order valence-electron chi connectivity index (χ2n) is 7.06. The Morgan fingerprint density at radius 3 is 2.69 bits per heavy atom. The van der Waals surface area contributed by atoms with Gasteiger partial charge < -0.3 is 19.5 Å². The maximum atomic E-state index is 12.4. The van der Waals surface area contributed by atoms with E-state index < -0.39 is 0 Å². The normalized spacial score (nSPS) is 14.8. The lowest BCUT2D eigenvalue weighted by molar-refractivity contribution is 0.0714. The molecule has 1 fully saturated rings. The zero-order valence-electron chi connectivity index (χ0n) is 15.7. The molecule has 7 nitrogen and oxygen atoms in total. The molecule has 2 aromatic heterocycles. The van der Waals surface area contributed by atoms with Gasteiger partial charge in [0, 0.05) is 44.5 Å². The van der Waals surface area contributed by atoms with Crippen LogP contribution in [0.5, 0.6) is 0 Å². The summed E-state index contributed by atoms with van der Waals surface area (Å²) in [6, 6.07) is 5.44. The molecule has 1 aliphatic heterocycles. The number of anilines is 2. The van der Waals surface area contributed by atoms with Crippen LogP contribution >= 0.6 is 0 Å². The van der Waals surface area contributed by atoms with Crippen molar-refractivity contribution in [2.24, 2.45) is 5.92 Å². The first-order valence-corrected chi connectivity index (χ1v) is 9.20. The number of aryl methyl sites for hydroxylation is 1. The Balaban J connectivity index is 1.60. The van der Waals surface area contributed by atoms with Gasteiger partial charge in [-0.25, -0.2) is 4.98 Å². The van der Waals surface area contributed by atoms with Gasteiger partial charge in [0.05, 0.1) is 6.26 Å². The molecule has 0 atom stereocenters. The van der Waals surface area contributed by atoms with Crippen molar-refractivity contribution >= 4 is 17.7 Å². The van der Waals surface area contributed by atoms with Gasteiger partial charge in [0.1, 0.15) is 5.82 Å². The molecule has 0 unspecified atom stereocenters. The van der Waals surface area contributed by atoms with Gasteiger partial charge in [0.15, 0.2) is 5.76 Å². The number of hydrogen-bond acceptors (Lipinski definition) is 6. The molecule has 0 saturated carbocycles. The average molecular weight is 357 g/mol. The quantitative estimate of drug-likeness (QED) is 0.857. The smallest absolute Gasteiger partial charge is 0.289 e. The van der Waals surface area contributed by atoms with Gasteiger partial charge in [-0.2, -0.15) is 4.98 Å². The zero-order chi connectivity index (χ0) is 18.5. The van der Waals surface area contributed by atoms with E-state index in [0.29, 0.717) is 30.7 Å². The van der Waals surface area contributed by atoms with Gasteiger partial charge in [-0.15, -0.1) is 0 Å². The molecule has 1 amide bonds. The van der Waals surface area contributed by atoms with Crippen LogP contribution in [0.3, 0.4) is 0 Å². The van der Waals surface area contributed by atoms with E-state index in [1.165, 1.54) is 6.26 Å². The summed E-state index contributed by atoms with van der Waals surface area (Å²) < 4.78 is 5.21. The fraction of sp³-hybridized carbons (Fsp3) is 0.526. The number of nitrogens with one attached hydrogen (secondary N) is 1. The number of carbonyl (C=O) groups is 1. The summed E-state index contributed by atoms with van der Waals surface area (Å²) in [5.41, 5.74) is 0.941. The Hall–Kier alpha value is -2.57. The summed E-state index contributed by atoms with van der Waals surface area (Å²) in [4.78, 5) is 25.5. The number of amides is 1. The maximum Gasteiger partial charge on any atom is 0.289 e. The minimum atomic E-state index is -0.0513. The van der Waals surface area contributed by atoms with Crippen molar-refractivity contribution in [3.05, 3.63) is 35.9 Å². The van der Waals surface area contributed by atoms with Crippen molar-refractivity contribution in [2.45, 2.75) is 27.2 Å². The Morgan fingerprint density at radius 2 is 2.04 bits per heavy atom. The topological polar surface area (TPSA) is 74.5 Å². The summed E-state index contributed by atoms with van der Waals surface area (Å²) in [6.07, 6.45) is 2.61. The largest absolute Gasteiger partial charge is 0.459 e. The van der Waals surface area contributed by atoms with Crippen LogP contribution in [0.25, 0.3) is 0 Å². The van der Waals surface area contributed by atoms with Crippen LogP contribution < -0.4 is 10.2 Å². The monoisotopic (exact) mass is 357 g/mol. The second-order valence-corrected chi connectivity index (χ2v) is 7.06. The first-order valence-electron chi connectivity index (χ1n) is 9.20. The molecule has 0 bridgehead atoms. The maximum absolute atomic E-state index is 12.4. The molecule has 26 heavy (non-hydrogen) atoms. The summed E-state index contributed by atoms with van der Waals surface area (Å²) in [6.45, 7) is 10.0. The lowest BCUT2D eigenvalue weighted by Gasteiger charge is -2.35. The molecular formula is C19H27N5O2. The van der Waals surface area contributed by atoms with Crippen LogP contribution in [0.1, 0.15) is 36.5 Å². The minimum absolute atomic E-state index is 0.0513. The molecule has 1 N–H and O–H groups in total. The van der Waals surface area contributed by atoms with E-state index in [4.69, 9.17) is 4.42 Å². The zero-order valence-corrected chi connectivity index (χ0v) is 15.7. The van der Waals surface area contributed by atoms with Crippen molar-refractivity contribution in [1.82, 2.24) is 14.9 Å². The van der Waals surface area contributed by atoms with Crippen molar-refractivity contribution in [3.8, 4) is 0 Å². The van der Waals surface area contributed by atoms with Crippen LogP contribution in [0.2, 0.25) is 0 Å². The highest BCUT2D eigenvalue weighted by Gasteiger charge is 2.24. The van der Waals surface area contributed by atoms with Crippen LogP contribution in [-0.4, -0.2) is 53.5 Å².